The molecule has 4 nitrogen and oxygen atoms in total. The zero-order valence-electron chi connectivity index (χ0n) is 12.7. The van der Waals surface area contributed by atoms with E-state index in [9.17, 15) is 4.79 Å². The molecule has 1 heterocycles. The Hall–Kier alpha value is -2.36. The summed E-state index contributed by atoms with van der Waals surface area (Å²) in [5.74, 6) is -0.191. The number of aromatic nitrogens is 1. The van der Waals surface area contributed by atoms with E-state index in [-0.39, 0.29) is 5.91 Å². The van der Waals surface area contributed by atoms with Crippen molar-refractivity contribution in [1.82, 2.24) is 4.98 Å². The third-order valence-electron chi connectivity index (χ3n) is 3.42. The van der Waals surface area contributed by atoms with Crippen molar-refractivity contribution >= 4 is 17.3 Å². The first kappa shape index (κ1) is 15.0. The van der Waals surface area contributed by atoms with Crippen LogP contribution in [0.4, 0.5) is 11.4 Å². The molecule has 110 valence electrons. The number of pyridine rings is 1. The zero-order valence-corrected chi connectivity index (χ0v) is 12.7. The number of nitrogens with one attached hydrogen (secondary N) is 2. The van der Waals surface area contributed by atoms with Crippen LogP contribution in [0.25, 0.3) is 0 Å². The van der Waals surface area contributed by atoms with Crippen LogP contribution >= 0.6 is 0 Å². The minimum Gasteiger partial charge on any atom is -0.385 e. The SMILES string of the molecule is CCCNc1ccnc(C(=O)Nc2cccc(C)c2C)c1. The van der Waals surface area contributed by atoms with Gasteiger partial charge in [0, 0.05) is 24.1 Å². The minimum atomic E-state index is -0.191. The first-order valence-corrected chi connectivity index (χ1v) is 7.19. The van der Waals surface area contributed by atoms with Crippen molar-refractivity contribution in [3.63, 3.8) is 0 Å². The Kier molecular flexibility index (Phi) is 4.93. The van der Waals surface area contributed by atoms with Gasteiger partial charge in [0.2, 0.25) is 0 Å². The Bertz CT molecular complexity index is 638. The molecule has 0 spiro atoms. The average Bonchev–Trinajstić information content (AvgIpc) is 2.50. The Balaban J connectivity index is 2.15. The maximum Gasteiger partial charge on any atom is 0.274 e. The molecule has 0 saturated heterocycles. The maximum absolute atomic E-state index is 12.3. The molecule has 0 radical (unpaired) electrons. The Morgan fingerprint density at radius 2 is 2.05 bits per heavy atom. The molecule has 2 aromatic rings. The third-order valence-corrected chi connectivity index (χ3v) is 3.42. The highest BCUT2D eigenvalue weighted by molar-refractivity contribution is 6.03. The summed E-state index contributed by atoms with van der Waals surface area (Å²) in [5, 5.41) is 6.18. The highest BCUT2D eigenvalue weighted by Gasteiger charge is 2.10. The number of aryl methyl sites for hydroxylation is 1. The second kappa shape index (κ2) is 6.88. The fraction of sp³-hybridized carbons (Fsp3) is 0.294. The molecule has 0 bridgehead atoms. The van der Waals surface area contributed by atoms with Crippen LogP contribution in [0.15, 0.2) is 36.5 Å². The van der Waals surface area contributed by atoms with Crippen LogP contribution < -0.4 is 10.6 Å². The molecule has 0 aliphatic carbocycles. The van der Waals surface area contributed by atoms with Crippen molar-refractivity contribution < 1.29 is 4.79 Å². The van der Waals surface area contributed by atoms with Crippen molar-refractivity contribution in [2.75, 3.05) is 17.2 Å². The molecule has 21 heavy (non-hydrogen) atoms. The second-order valence-corrected chi connectivity index (χ2v) is 5.06. The van der Waals surface area contributed by atoms with Gasteiger partial charge in [-0.2, -0.15) is 0 Å². The predicted octanol–water partition coefficient (Wildman–Crippen LogP) is 3.77. The van der Waals surface area contributed by atoms with Gasteiger partial charge >= 0.3 is 0 Å². The highest BCUT2D eigenvalue weighted by Crippen LogP contribution is 2.19. The number of amides is 1. The molecule has 1 aromatic carbocycles. The summed E-state index contributed by atoms with van der Waals surface area (Å²) in [6.07, 6.45) is 2.68. The van der Waals surface area contributed by atoms with Crippen molar-refractivity contribution in [2.24, 2.45) is 0 Å². The van der Waals surface area contributed by atoms with Gasteiger partial charge in [-0.05, 0) is 49.6 Å². The van der Waals surface area contributed by atoms with E-state index in [1.54, 1.807) is 12.3 Å². The van der Waals surface area contributed by atoms with Crippen molar-refractivity contribution in [3.05, 3.63) is 53.3 Å². The van der Waals surface area contributed by atoms with Crippen LogP contribution in [-0.2, 0) is 0 Å². The highest BCUT2D eigenvalue weighted by atomic mass is 16.1. The number of benzene rings is 1. The van der Waals surface area contributed by atoms with Gasteiger partial charge in [-0.1, -0.05) is 19.1 Å². The topological polar surface area (TPSA) is 54.0 Å². The van der Waals surface area contributed by atoms with Crippen molar-refractivity contribution in [1.29, 1.82) is 0 Å². The summed E-state index contributed by atoms with van der Waals surface area (Å²) in [7, 11) is 0. The molecule has 1 aromatic heterocycles. The first-order valence-electron chi connectivity index (χ1n) is 7.19. The second-order valence-electron chi connectivity index (χ2n) is 5.06. The molecule has 0 saturated carbocycles. The van der Waals surface area contributed by atoms with E-state index in [2.05, 4.69) is 22.5 Å². The summed E-state index contributed by atoms with van der Waals surface area (Å²) in [5.41, 5.74) is 4.38. The lowest BCUT2D eigenvalue weighted by Crippen LogP contribution is -2.15. The lowest BCUT2D eigenvalue weighted by molar-refractivity contribution is 0.102. The molecule has 2 rings (SSSR count). The van der Waals surface area contributed by atoms with Crippen LogP contribution in [0.5, 0.6) is 0 Å². The number of carbonyl (C=O) groups excluding carboxylic acids is 1. The smallest absolute Gasteiger partial charge is 0.274 e. The zero-order chi connectivity index (χ0) is 15.2. The van der Waals surface area contributed by atoms with E-state index in [0.29, 0.717) is 5.69 Å². The van der Waals surface area contributed by atoms with E-state index in [0.717, 1.165) is 35.5 Å². The predicted molar refractivity (Wildman–Crippen MR) is 86.9 cm³/mol. The molecule has 2 N–H and O–H groups in total. The van der Waals surface area contributed by atoms with Crippen LogP contribution in [0, 0.1) is 13.8 Å². The molecule has 1 amide bonds. The summed E-state index contributed by atoms with van der Waals surface area (Å²) in [6.45, 7) is 7.00. The fourth-order valence-electron chi connectivity index (χ4n) is 2.01. The van der Waals surface area contributed by atoms with E-state index in [1.165, 1.54) is 0 Å². The van der Waals surface area contributed by atoms with E-state index in [4.69, 9.17) is 0 Å². The van der Waals surface area contributed by atoms with Crippen LogP contribution in [0.2, 0.25) is 0 Å². The van der Waals surface area contributed by atoms with E-state index in [1.807, 2.05) is 38.1 Å². The molecule has 0 fully saturated rings. The van der Waals surface area contributed by atoms with E-state index >= 15 is 0 Å². The number of hydrogen-bond acceptors (Lipinski definition) is 3. The summed E-state index contributed by atoms with van der Waals surface area (Å²) in [6, 6.07) is 9.50. The van der Waals surface area contributed by atoms with Gasteiger partial charge in [0.1, 0.15) is 5.69 Å². The normalized spacial score (nSPS) is 10.2. The van der Waals surface area contributed by atoms with Gasteiger partial charge in [-0.25, -0.2) is 0 Å². The molecule has 0 aliphatic heterocycles. The molecular formula is C17H21N3O. The van der Waals surface area contributed by atoms with Gasteiger partial charge in [-0.3, -0.25) is 9.78 Å². The lowest BCUT2D eigenvalue weighted by Gasteiger charge is -2.11. The lowest BCUT2D eigenvalue weighted by atomic mass is 10.1. The van der Waals surface area contributed by atoms with Gasteiger partial charge in [0.25, 0.3) is 5.91 Å². The summed E-state index contributed by atoms with van der Waals surface area (Å²) in [4.78, 5) is 16.4. The molecule has 0 aliphatic rings. The Morgan fingerprint density at radius 3 is 2.81 bits per heavy atom. The summed E-state index contributed by atoms with van der Waals surface area (Å²) >= 11 is 0. The largest absolute Gasteiger partial charge is 0.385 e. The summed E-state index contributed by atoms with van der Waals surface area (Å²) < 4.78 is 0. The monoisotopic (exact) mass is 283 g/mol. The first-order chi connectivity index (χ1) is 10.1. The maximum atomic E-state index is 12.3. The molecular weight excluding hydrogens is 262 g/mol. The quantitative estimate of drug-likeness (QED) is 0.878. The fourth-order valence-corrected chi connectivity index (χ4v) is 2.01. The van der Waals surface area contributed by atoms with Crippen molar-refractivity contribution in [3.8, 4) is 0 Å². The van der Waals surface area contributed by atoms with Gasteiger partial charge in [0.15, 0.2) is 0 Å². The van der Waals surface area contributed by atoms with Crippen LogP contribution in [0.1, 0.15) is 35.0 Å². The van der Waals surface area contributed by atoms with Crippen LogP contribution in [-0.4, -0.2) is 17.4 Å². The van der Waals surface area contributed by atoms with Gasteiger partial charge in [-0.15, -0.1) is 0 Å². The Morgan fingerprint density at radius 1 is 1.24 bits per heavy atom. The van der Waals surface area contributed by atoms with Gasteiger partial charge in [0.05, 0.1) is 0 Å². The number of hydrogen-bond donors (Lipinski definition) is 2. The number of carbonyl (C=O) groups is 1. The number of rotatable bonds is 5. The van der Waals surface area contributed by atoms with Crippen molar-refractivity contribution in [2.45, 2.75) is 27.2 Å². The minimum absolute atomic E-state index is 0.191. The van der Waals surface area contributed by atoms with Crippen LogP contribution in [0.3, 0.4) is 0 Å². The molecule has 4 heteroatoms. The number of nitrogens with zero attached hydrogens (tertiary/aromatic N) is 1. The van der Waals surface area contributed by atoms with E-state index < -0.39 is 0 Å². The molecule has 0 unspecified atom stereocenters. The standard InChI is InChI=1S/C17H21N3O/c1-4-9-18-14-8-10-19-16(11-14)17(21)20-15-7-5-6-12(2)13(15)3/h5-8,10-11H,4,9H2,1-3H3,(H,18,19)(H,20,21). The molecule has 0 atom stereocenters. The number of anilines is 2. The average molecular weight is 283 g/mol. The van der Waals surface area contributed by atoms with Gasteiger partial charge < -0.3 is 10.6 Å². The third kappa shape index (κ3) is 3.81. The Labute approximate surface area is 125 Å².